The van der Waals surface area contributed by atoms with Gasteiger partial charge in [-0.05, 0) is 49.2 Å². The Balaban J connectivity index is 1.45. The quantitative estimate of drug-likeness (QED) is 0.400. The van der Waals surface area contributed by atoms with Crippen LogP contribution < -0.4 is 4.90 Å². The molecule has 0 radical (unpaired) electrons. The number of hydrogen-bond acceptors (Lipinski definition) is 4. The van der Waals surface area contributed by atoms with Crippen LogP contribution in [-0.4, -0.2) is 32.5 Å². The smallest absolute Gasteiger partial charge is 0.237 e. The fourth-order valence-corrected chi connectivity index (χ4v) is 4.91. The van der Waals surface area contributed by atoms with Gasteiger partial charge in [0, 0.05) is 23.0 Å². The van der Waals surface area contributed by atoms with E-state index < -0.39 is 0 Å². The van der Waals surface area contributed by atoms with Gasteiger partial charge in [-0.15, -0.1) is 10.2 Å². The second kappa shape index (κ2) is 8.59. The van der Waals surface area contributed by atoms with Crippen molar-refractivity contribution >= 4 is 23.4 Å². The average molecular weight is 445 g/mol. The number of para-hydroxylation sites is 1. The summed E-state index contributed by atoms with van der Waals surface area (Å²) in [5, 5.41) is 9.34. The van der Waals surface area contributed by atoms with Crippen molar-refractivity contribution in [1.82, 2.24) is 14.8 Å². The van der Waals surface area contributed by atoms with Gasteiger partial charge in [-0.3, -0.25) is 9.36 Å². The average Bonchev–Trinajstić information content (AvgIpc) is 3.39. The summed E-state index contributed by atoms with van der Waals surface area (Å²) in [7, 11) is 0. The van der Waals surface area contributed by atoms with Crippen LogP contribution in [0.25, 0.3) is 17.1 Å². The van der Waals surface area contributed by atoms with E-state index in [4.69, 9.17) is 0 Å². The van der Waals surface area contributed by atoms with Crippen molar-refractivity contribution in [2.75, 3.05) is 10.7 Å². The Morgan fingerprint density at radius 3 is 2.50 bits per heavy atom. The molecule has 1 atom stereocenters. The van der Waals surface area contributed by atoms with E-state index in [0.717, 1.165) is 23.4 Å². The van der Waals surface area contributed by atoms with Crippen LogP contribution in [0.5, 0.6) is 0 Å². The molecule has 0 N–H and O–H groups in total. The molecule has 7 heteroatoms. The lowest BCUT2D eigenvalue weighted by Gasteiger charge is -2.22. The van der Waals surface area contributed by atoms with Crippen molar-refractivity contribution in [2.24, 2.45) is 0 Å². The normalized spacial score (nSPS) is 15.1. The Labute approximate surface area is 189 Å². The van der Waals surface area contributed by atoms with Crippen LogP contribution in [0, 0.1) is 5.82 Å². The molecule has 0 saturated carbocycles. The molecule has 0 fully saturated rings. The Hall–Kier alpha value is -3.45. The third-order valence-corrected chi connectivity index (χ3v) is 6.46. The summed E-state index contributed by atoms with van der Waals surface area (Å²) < 4.78 is 15.4. The van der Waals surface area contributed by atoms with Crippen molar-refractivity contribution in [1.29, 1.82) is 0 Å². The lowest BCUT2D eigenvalue weighted by molar-refractivity contribution is -0.116. The summed E-state index contributed by atoms with van der Waals surface area (Å²) in [6.45, 7) is 2.07. The van der Waals surface area contributed by atoms with Crippen LogP contribution in [0.1, 0.15) is 12.5 Å². The molecule has 1 aromatic heterocycles. The van der Waals surface area contributed by atoms with Crippen LogP contribution in [0.2, 0.25) is 0 Å². The summed E-state index contributed by atoms with van der Waals surface area (Å²) in [5.74, 6) is 0.593. The Morgan fingerprint density at radius 1 is 1.00 bits per heavy atom. The van der Waals surface area contributed by atoms with Gasteiger partial charge < -0.3 is 4.90 Å². The number of nitrogens with zero attached hydrogens (tertiary/aromatic N) is 4. The molecule has 1 unspecified atom stereocenters. The van der Waals surface area contributed by atoms with Gasteiger partial charge >= 0.3 is 0 Å². The van der Waals surface area contributed by atoms with Crippen molar-refractivity contribution < 1.29 is 9.18 Å². The molecular weight excluding hydrogens is 423 g/mol. The fraction of sp³-hybridized carbons (Fsp3) is 0.160. The molecule has 4 aromatic rings. The first-order valence-electron chi connectivity index (χ1n) is 10.4. The monoisotopic (exact) mass is 444 g/mol. The van der Waals surface area contributed by atoms with Crippen LogP contribution in [-0.2, 0) is 11.2 Å². The van der Waals surface area contributed by atoms with Gasteiger partial charge in [-0.1, -0.05) is 60.3 Å². The van der Waals surface area contributed by atoms with Crippen LogP contribution in [0.4, 0.5) is 10.1 Å². The van der Waals surface area contributed by atoms with Crippen molar-refractivity contribution in [3.05, 3.63) is 90.2 Å². The minimum atomic E-state index is -0.311. The van der Waals surface area contributed by atoms with Crippen molar-refractivity contribution in [2.45, 2.75) is 24.5 Å². The molecule has 1 aliphatic heterocycles. The molecule has 0 aliphatic carbocycles. The van der Waals surface area contributed by atoms with E-state index in [9.17, 15) is 9.18 Å². The van der Waals surface area contributed by atoms with E-state index in [2.05, 4.69) is 23.2 Å². The number of carbonyl (C=O) groups excluding carboxylic acids is 1. The van der Waals surface area contributed by atoms with Gasteiger partial charge in [0.05, 0.1) is 5.75 Å². The van der Waals surface area contributed by atoms with Gasteiger partial charge in [0.15, 0.2) is 11.0 Å². The minimum absolute atomic E-state index is 0.0300. The molecular formula is C25H21FN4OS. The predicted molar refractivity (Wildman–Crippen MR) is 125 cm³/mol. The molecule has 5 nitrogen and oxygen atoms in total. The minimum Gasteiger partial charge on any atom is -0.308 e. The maximum Gasteiger partial charge on any atom is 0.237 e. The van der Waals surface area contributed by atoms with Crippen LogP contribution >= 0.6 is 11.8 Å². The number of hydrogen-bond donors (Lipinski definition) is 0. The van der Waals surface area contributed by atoms with Gasteiger partial charge in [-0.2, -0.15) is 0 Å². The van der Waals surface area contributed by atoms with Gasteiger partial charge in [0.25, 0.3) is 0 Å². The van der Waals surface area contributed by atoms with E-state index in [1.54, 1.807) is 12.1 Å². The zero-order valence-electron chi connectivity index (χ0n) is 17.5. The van der Waals surface area contributed by atoms with Gasteiger partial charge in [0.1, 0.15) is 5.82 Å². The first-order chi connectivity index (χ1) is 15.6. The molecule has 0 saturated heterocycles. The highest BCUT2D eigenvalue weighted by Crippen LogP contribution is 2.33. The van der Waals surface area contributed by atoms with E-state index in [0.29, 0.717) is 11.0 Å². The lowest BCUT2D eigenvalue weighted by Crippen LogP contribution is -2.37. The second-order valence-electron chi connectivity index (χ2n) is 7.72. The first-order valence-corrected chi connectivity index (χ1v) is 11.4. The largest absolute Gasteiger partial charge is 0.308 e. The standard InChI is InChI=1S/C25H21FN4OS/c1-17-15-19-9-5-6-10-22(19)29(17)23(31)16-32-25-28-27-24(18-7-3-2-4-8-18)30(25)21-13-11-20(26)12-14-21/h2-14,17H,15-16H2,1H3. The number of benzene rings is 3. The van der Waals surface area contributed by atoms with Crippen LogP contribution in [0.15, 0.2) is 84.0 Å². The predicted octanol–water partition coefficient (Wildman–Crippen LogP) is 5.14. The topological polar surface area (TPSA) is 51.0 Å². The molecule has 5 rings (SSSR count). The van der Waals surface area contributed by atoms with Gasteiger partial charge in [0.2, 0.25) is 5.91 Å². The molecule has 1 amide bonds. The Morgan fingerprint density at radius 2 is 1.72 bits per heavy atom. The highest BCUT2D eigenvalue weighted by molar-refractivity contribution is 7.99. The third-order valence-electron chi connectivity index (χ3n) is 5.55. The summed E-state index contributed by atoms with van der Waals surface area (Å²) in [6.07, 6.45) is 0.858. The number of rotatable bonds is 5. The van der Waals surface area contributed by atoms with E-state index in [-0.39, 0.29) is 23.5 Å². The van der Waals surface area contributed by atoms with E-state index >= 15 is 0 Å². The molecule has 2 heterocycles. The molecule has 3 aromatic carbocycles. The molecule has 0 bridgehead atoms. The number of amides is 1. The second-order valence-corrected chi connectivity index (χ2v) is 8.66. The Kier molecular flexibility index (Phi) is 5.49. The van der Waals surface area contributed by atoms with E-state index in [1.165, 1.54) is 29.5 Å². The maximum atomic E-state index is 13.5. The fourth-order valence-electron chi connectivity index (χ4n) is 4.10. The molecule has 0 spiro atoms. The zero-order chi connectivity index (χ0) is 22.1. The number of carbonyl (C=O) groups is 1. The van der Waals surface area contributed by atoms with E-state index in [1.807, 2.05) is 58.0 Å². The van der Waals surface area contributed by atoms with Crippen molar-refractivity contribution in [3.63, 3.8) is 0 Å². The van der Waals surface area contributed by atoms with Gasteiger partial charge in [-0.25, -0.2) is 4.39 Å². The SMILES string of the molecule is CC1Cc2ccccc2N1C(=O)CSc1nnc(-c2ccccc2)n1-c1ccc(F)cc1. The summed E-state index contributed by atoms with van der Waals surface area (Å²) in [6, 6.07) is 24.1. The lowest BCUT2D eigenvalue weighted by atomic mass is 10.1. The summed E-state index contributed by atoms with van der Waals surface area (Å²) in [5.41, 5.74) is 3.81. The number of halogens is 1. The molecule has 32 heavy (non-hydrogen) atoms. The van der Waals surface area contributed by atoms with Crippen LogP contribution in [0.3, 0.4) is 0 Å². The first kappa shape index (κ1) is 20.5. The molecule has 160 valence electrons. The number of fused-ring (bicyclic) bond motifs is 1. The Bertz CT molecular complexity index is 1260. The zero-order valence-corrected chi connectivity index (χ0v) is 18.3. The summed E-state index contributed by atoms with van der Waals surface area (Å²) >= 11 is 1.34. The number of anilines is 1. The summed E-state index contributed by atoms with van der Waals surface area (Å²) in [4.78, 5) is 15.0. The number of aromatic nitrogens is 3. The third kappa shape index (κ3) is 3.80. The maximum absolute atomic E-state index is 13.5. The number of thioether (sulfide) groups is 1. The highest BCUT2D eigenvalue weighted by atomic mass is 32.2. The molecule has 1 aliphatic rings. The van der Waals surface area contributed by atoms with Crippen molar-refractivity contribution in [3.8, 4) is 17.1 Å². The highest BCUT2D eigenvalue weighted by Gasteiger charge is 2.30.